The fourth-order valence-corrected chi connectivity index (χ4v) is 2.93. The van der Waals surface area contributed by atoms with Crippen LogP contribution in [0, 0.1) is 13.8 Å². The maximum absolute atomic E-state index is 12.5. The third kappa shape index (κ3) is 5.01. The zero-order valence-electron chi connectivity index (χ0n) is 15.4. The lowest BCUT2D eigenvalue weighted by atomic mass is 10.1. The first-order valence-corrected chi connectivity index (χ1v) is 8.56. The molecule has 0 saturated carbocycles. The highest BCUT2D eigenvalue weighted by Gasteiger charge is 2.26. The highest BCUT2D eigenvalue weighted by Crippen LogP contribution is 2.14. The van der Waals surface area contributed by atoms with Gasteiger partial charge in [-0.2, -0.15) is 0 Å². The van der Waals surface area contributed by atoms with Gasteiger partial charge in [0, 0.05) is 30.5 Å². The fourth-order valence-electron chi connectivity index (χ4n) is 2.93. The van der Waals surface area contributed by atoms with E-state index in [1.807, 2.05) is 56.2 Å². The minimum absolute atomic E-state index is 0.0685. The molecule has 1 fully saturated rings. The van der Waals surface area contributed by atoms with Gasteiger partial charge in [0.15, 0.2) is 0 Å². The number of nitrogens with one attached hydrogen (secondary N) is 1. The van der Waals surface area contributed by atoms with E-state index in [0.717, 1.165) is 24.2 Å². The number of aromatic nitrogens is 1. The molecule has 1 saturated heterocycles. The molecule has 0 unspecified atom stereocenters. The highest BCUT2D eigenvalue weighted by molar-refractivity contribution is 5.76. The van der Waals surface area contributed by atoms with Gasteiger partial charge in [0.05, 0.1) is 0 Å². The summed E-state index contributed by atoms with van der Waals surface area (Å²) in [6.45, 7) is 11.3. The Kier molecular flexibility index (Phi) is 5.57. The molecular weight excluding hydrogens is 306 g/mol. The third-order valence-electron chi connectivity index (χ3n) is 4.28. The number of rotatable bonds is 3. The topological polar surface area (TPSA) is 63.6 Å². The molecule has 134 valence electrons. The van der Waals surface area contributed by atoms with E-state index < -0.39 is 5.60 Å². The molecule has 0 aromatic carbocycles. The van der Waals surface area contributed by atoms with Crippen LogP contribution in [0.1, 0.15) is 45.0 Å². The van der Waals surface area contributed by atoms with Gasteiger partial charge in [0.1, 0.15) is 12.1 Å². The average Bonchev–Trinajstić information content (AvgIpc) is 2.77. The van der Waals surface area contributed by atoms with Gasteiger partial charge in [-0.3, -0.25) is 4.79 Å². The van der Waals surface area contributed by atoms with Crippen molar-refractivity contribution in [1.82, 2.24) is 14.8 Å². The lowest BCUT2D eigenvalue weighted by Gasteiger charge is -2.33. The van der Waals surface area contributed by atoms with Gasteiger partial charge < -0.3 is 19.5 Å². The molecule has 0 spiro atoms. The molecule has 1 aromatic rings. The Morgan fingerprint density at radius 2 is 1.71 bits per heavy atom. The summed E-state index contributed by atoms with van der Waals surface area (Å²) in [5.74, 6) is 0.133. The van der Waals surface area contributed by atoms with Crippen LogP contribution >= 0.6 is 0 Å². The van der Waals surface area contributed by atoms with Gasteiger partial charge in [-0.15, -0.1) is 0 Å². The first-order valence-electron chi connectivity index (χ1n) is 8.56. The molecule has 0 bridgehead atoms. The van der Waals surface area contributed by atoms with Crippen LogP contribution in [0.15, 0.2) is 12.1 Å². The Morgan fingerprint density at radius 3 is 2.21 bits per heavy atom. The first kappa shape index (κ1) is 18.4. The number of hydrogen-bond donors (Lipinski definition) is 1. The van der Waals surface area contributed by atoms with Crippen molar-refractivity contribution < 1.29 is 14.3 Å². The molecule has 6 heteroatoms. The van der Waals surface area contributed by atoms with Crippen molar-refractivity contribution in [3.05, 3.63) is 23.5 Å². The van der Waals surface area contributed by atoms with Crippen LogP contribution in [0.3, 0.4) is 0 Å². The quantitative estimate of drug-likeness (QED) is 0.923. The number of hydrogen-bond acceptors (Lipinski definition) is 3. The van der Waals surface area contributed by atoms with Crippen molar-refractivity contribution in [1.29, 1.82) is 0 Å². The Bertz CT molecular complexity index is 574. The summed E-state index contributed by atoms with van der Waals surface area (Å²) < 4.78 is 7.31. The predicted molar refractivity (Wildman–Crippen MR) is 92.9 cm³/mol. The monoisotopic (exact) mass is 335 g/mol. The SMILES string of the molecule is Cc1ccc(C)n1CC(=O)N1CCC(NC(=O)OC(C)(C)C)CC1. The van der Waals surface area contributed by atoms with Crippen LogP contribution in [-0.4, -0.2) is 46.2 Å². The lowest BCUT2D eigenvalue weighted by Crippen LogP contribution is -2.48. The smallest absolute Gasteiger partial charge is 0.407 e. The zero-order valence-corrected chi connectivity index (χ0v) is 15.4. The highest BCUT2D eigenvalue weighted by atomic mass is 16.6. The number of piperidine rings is 1. The van der Waals surface area contributed by atoms with E-state index in [-0.39, 0.29) is 18.0 Å². The number of carbonyl (C=O) groups excluding carboxylic acids is 2. The normalized spacial score (nSPS) is 16.1. The van der Waals surface area contributed by atoms with Gasteiger partial charge >= 0.3 is 6.09 Å². The second-order valence-electron chi connectivity index (χ2n) is 7.50. The van der Waals surface area contributed by atoms with Crippen LogP contribution in [-0.2, 0) is 16.1 Å². The third-order valence-corrected chi connectivity index (χ3v) is 4.28. The summed E-state index contributed by atoms with van der Waals surface area (Å²) in [4.78, 5) is 26.2. The number of amides is 2. The molecule has 0 radical (unpaired) electrons. The molecule has 1 aromatic heterocycles. The van der Waals surface area contributed by atoms with Crippen molar-refractivity contribution in [3.63, 3.8) is 0 Å². The number of ether oxygens (including phenoxy) is 1. The Labute approximate surface area is 144 Å². The van der Waals surface area contributed by atoms with E-state index >= 15 is 0 Å². The van der Waals surface area contributed by atoms with Crippen molar-refractivity contribution in [2.75, 3.05) is 13.1 Å². The van der Waals surface area contributed by atoms with Crippen LogP contribution in [0.25, 0.3) is 0 Å². The van der Waals surface area contributed by atoms with Gasteiger partial charge in [-0.05, 0) is 59.6 Å². The minimum atomic E-state index is -0.493. The van der Waals surface area contributed by atoms with Crippen LogP contribution in [0.4, 0.5) is 4.79 Å². The Balaban J connectivity index is 1.80. The van der Waals surface area contributed by atoms with E-state index in [4.69, 9.17) is 4.74 Å². The maximum atomic E-state index is 12.5. The van der Waals surface area contributed by atoms with Gasteiger partial charge in [-0.1, -0.05) is 0 Å². The van der Waals surface area contributed by atoms with Crippen LogP contribution in [0.5, 0.6) is 0 Å². The summed E-state index contributed by atoms with van der Waals surface area (Å²) in [5, 5.41) is 2.89. The summed E-state index contributed by atoms with van der Waals surface area (Å²) in [5.41, 5.74) is 1.71. The summed E-state index contributed by atoms with van der Waals surface area (Å²) >= 11 is 0. The van der Waals surface area contributed by atoms with Crippen LogP contribution in [0.2, 0.25) is 0 Å². The average molecular weight is 335 g/mol. The molecule has 24 heavy (non-hydrogen) atoms. The molecule has 1 N–H and O–H groups in total. The van der Waals surface area contributed by atoms with Gasteiger partial charge in [0.2, 0.25) is 5.91 Å². The maximum Gasteiger partial charge on any atom is 0.407 e. The Morgan fingerprint density at radius 1 is 1.17 bits per heavy atom. The van der Waals surface area contributed by atoms with E-state index in [0.29, 0.717) is 19.6 Å². The molecule has 0 atom stereocenters. The molecule has 1 aliphatic heterocycles. The standard InChI is InChI=1S/C18H29N3O3/c1-13-6-7-14(2)21(13)12-16(22)20-10-8-15(9-11-20)19-17(23)24-18(3,4)5/h6-7,15H,8-12H2,1-5H3,(H,19,23). The molecule has 6 nitrogen and oxygen atoms in total. The lowest BCUT2D eigenvalue weighted by molar-refractivity contribution is -0.133. The van der Waals surface area contributed by atoms with Crippen molar-refractivity contribution in [3.8, 4) is 0 Å². The molecule has 2 rings (SSSR count). The van der Waals surface area contributed by atoms with E-state index in [1.54, 1.807) is 0 Å². The number of carbonyl (C=O) groups is 2. The first-order chi connectivity index (χ1) is 11.2. The molecule has 1 aliphatic rings. The molecular formula is C18H29N3O3. The van der Waals surface area contributed by atoms with E-state index in [9.17, 15) is 9.59 Å². The van der Waals surface area contributed by atoms with Gasteiger partial charge in [-0.25, -0.2) is 4.79 Å². The minimum Gasteiger partial charge on any atom is -0.444 e. The summed E-state index contributed by atoms with van der Waals surface area (Å²) in [6, 6.07) is 4.12. The predicted octanol–water partition coefficient (Wildman–Crippen LogP) is 2.62. The second-order valence-corrected chi connectivity index (χ2v) is 7.50. The summed E-state index contributed by atoms with van der Waals surface area (Å²) in [6.07, 6.45) is 1.13. The van der Waals surface area contributed by atoms with E-state index in [1.165, 1.54) is 0 Å². The number of aryl methyl sites for hydroxylation is 2. The fraction of sp³-hybridized carbons (Fsp3) is 0.667. The molecule has 0 aliphatic carbocycles. The van der Waals surface area contributed by atoms with Crippen LogP contribution < -0.4 is 5.32 Å². The van der Waals surface area contributed by atoms with Crippen molar-refractivity contribution >= 4 is 12.0 Å². The number of alkyl carbamates (subject to hydrolysis) is 1. The van der Waals surface area contributed by atoms with E-state index in [2.05, 4.69) is 5.32 Å². The number of likely N-dealkylation sites (tertiary alicyclic amines) is 1. The Hall–Kier alpha value is -1.98. The largest absolute Gasteiger partial charge is 0.444 e. The number of nitrogens with zero attached hydrogens (tertiary/aromatic N) is 2. The van der Waals surface area contributed by atoms with Gasteiger partial charge in [0.25, 0.3) is 0 Å². The molecule has 2 amide bonds. The van der Waals surface area contributed by atoms with Crippen molar-refractivity contribution in [2.24, 2.45) is 0 Å². The summed E-state index contributed by atoms with van der Waals surface area (Å²) in [7, 11) is 0. The second kappa shape index (κ2) is 7.28. The van der Waals surface area contributed by atoms with Crippen molar-refractivity contribution in [2.45, 2.75) is 65.6 Å². The zero-order chi connectivity index (χ0) is 17.9. The molecule has 2 heterocycles.